The van der Waals surface area contributed by atoms with Gasteiger partial charge >= 0.3 is 5.97 Å². The average Bonchev–Trinajstić information content (AvgIpc) is 3.14. The molecule has 1 amide bonds. The molecule has 2 aliphatic heterocycles. The molecular weight excluding hydrogens is 326 g/mol. The van der Waals surface area contributed by atoms with Crippen molar-refractivity contribution in [3.8, 4) is 0 Å². The van der Waals surface area contributed by atoms with Gasteiger partial charge in [-0.3, -0.25) is 4.79 Å². The Balaban J connectivity index is 1.54. The van der Waals surface area contributed by atoms with Crippen LogP contribution in [-0.4, -0.2) is 43.9 Å². The Morgan fingerprint density at radius 3 is 2.88 bits per heavy atom. The highest BCUT2D eigenvalue weighted by atomic mass is 32.2. The summed E-state index contributed by atoms with van der Waals surface area (Å²) in [5.74, 6) is 0.471. The Morgan fingerprint density at radius 2 is 2.08 bits per heavy atom. The second-order valence-electron chi connectivity index (χ2n) is 6.00. The summed E-state index contributed by atoms with van der Waals surface area (Å²) in [7, 11) is 0. The van der Waals surface area contributed by atoms with Gasteiger partial charge < -0.3 is 9.64 Å². The van der Waals surface area contributed by atoms with Crippen LogP contribution in [-0.2, 0) is 20.9 Å². The number of esters is 1. The molecule has 0 unspecified atom stereocenters. The molecule has 0 aliphatic carbocycles. The van der Waals surface area contributed by atoms with Gasteiger partial charge in [-0.25, -0.2) is 14.8 Å². The molecule has 0 bridgehead atoms. The summed E-state index contributed by atoms with van der Waals surface area (Å²) in [6.45, 7) is 2.55. The first kappa shape index (κ1) is 15.4. The van der Waals surface area contributed by atoms with Gasteiger partial charge in [-0.1, -0.05) is 12.1 Å². The summed E-state index contributed by atoms with van der Waals surface area (Å²) in [5.41, 5.74) is 3.00. The number of aryl methyl sites for hydroxylation is 1. The Morgan fingerprint density at radius 1 is 1.33 bits per heavy atom. The molecule has 124 valence electrons. The van der Waals surface area contributed by atoms with Crippen LogP contribution in [0, 0.1) is 6.92 Å². The zero-order valence-electron chi connectivity index (χ0n) is 13.3. The molecule has 2 aliphatic rings. The first-order valence-corrected chi connectivity index (χ1v) is 8.93. The number of rotatable bonds is 3. The number of ether oxygens (including phenoxy) is 1. The Kier molecular flexibility index (Phi) is 3.68. The van der Waals surface area contributed by atoms with Gasteiger partial charge in [-0.2, -0.15) is 0 Å². The highest BCUT2D eigenvalue weighted by Crippen LogP contribution is 2.45. The average molecular weight is 343 g/mol. The molecule has 0 radical (unpaired) electrons. The van der Waals surface area contributed by atoms with Crippen molar-refractivity contribution in [3.63, 3.8) is 0 Å². The van der Waals surface area contributed by atoms with E-state index in [-0.39, 0.29) is 18.5 Å². The summed E-state index contributed by atoms with van der Waals surface area (Å²) < 4.78 is 5.54. The third-order valence-corrected chi connectivity index (χ3v) is 6.03. The van der Waals surface area contributed by atoms with Crippen molar-refractivity contribution in [1.29, 1.82) is 0 Å². The first-order valence-electron chi connectivity index (χ1n) is 7.94. The van der Waals surface area contributed by atoms with Crippen molar-refractivity contribution in [2.24, 2.45) is 0 Å². The molecule has 6 nitrogen and oxygen atoms in total. The maximum Gasteiger partial charge on any atom is 0.343 e. The van der Waals surface area contributed by atoms with Crippen LogP contribution in [0.1, 0.15) is 24.2 Å². The van der Waals surface area contributed by atoms with Crippen molar-refractivity contribution < 1.29 is 14.3 Å². The molecule has 0 saturated carbocycles. The van der Waals surface area contributed by atoms with Gasteiger partial charge in [0.05, 0.1) is 22.4 Å². The summed E-state index contributed by atoms with van der Waals surface area (Å²) in [4.78, 5) is 34.5. The summed E-state index contributed by atoms with van der Waals surface area (Å²) in [5, 5.41) is 0. The van der Waals surface area contributed by atoms with Crippen LogP contribution in [0.5, 0.6) is 0 Å². The van der Waals surface area contributed by atoms with E-state index in [0.29, 0.717) is 25.1 Å². The molecule has 1 atom stereocenters. The van der Waals surface area contributed by atoms with E-state index < -0.39 is 4.87 Å². The zero-order valence-corrected chi connectivity index (χ0v) is 14.1. The number of hydrogen-bond acceptors (Lipinski definition) is 6. The fourth-order valence-electron chi connectivity index (χ4n) is 3.29. The van der Waals surface area contributed by atoms with E-state index in [1.807, 2.05) is 31.2 Å². The van der Waals surface area contributed by atoms with Gasteiger partial charge in [0, 0.05) is 18.7 Å². The first-order chi connectivity index (χ1) is 11.6. The molecule has 7 heteroatoms. The number of para-hydroxylation sites is 2. The van der Waals surface area contributed by atoms with Gasteiger partial charge in [0.15, 0.2) is 4.87 Å². The third kappa shape index (κ3) is 2.34. The zero-order chi connectivity index (χ0) is 16.7. The van der Waals surface area contributed by atoms with Crippen LogP contribution in [0.3, 0.4) is 0 Å². The number of carbonyl (C=O) groups is 2. The summed E-state index contributed by atoms with van der Waals surface area (Å²) in [6.07, 6.45) is 0.939. The molecule has 24 heavy (non-hydrogen) atoms. The highest BCUT2D eigenvalue weighted by molar-refractivity contribution is 8.01. The molecule has 3 heterocycles. The number of nitrogens with zero attached hydrogens (tertiary/aromatic N) is 3. The second kappa shape index (κ2) is 5.73. The number of hydrogen-bond donors (Lipinski definition) is 0. The highest BCUT2D eigenvalue weighted by Gasteiger charge is 2.55. The van der Waals surface area contributed by atoms with Crippen molar-refractivity contribution >= 4 is 34.7 Å². The minimum Gasteiger partial charge on any atom is -0.457 e. The topological polar surface area (TPSA) is 72.4 Å². The van der Waals surface area contributed by atoms with E-state index in [9.17, 15) is 9.59 Å². The van der Waals surface area contributed by atoms with Crippen molar-refractivity contribution in [3.05, 3.63) is 35.7 Å². The maximum absolute atomic E-state index is 12.7. The Labute approximate surface area is 143 Å². The van der Waals surface area contributed by atoms with Gasteiger partial charge in [0.2, 0.25) is 5.91 Å². The lowest BCUT2D eigenvalue weighted by atomic mass is 10.2. The van der Waals surface area contributed by atoms with E-state index >= 15 is 0 Å². The van der Waals surface area contributed by atoms with E-state index in [0.717, 1.165) is 22.5 Å². The van der Waals surface area contributed by atoms with E-state index in [4.69, 9.17) is 4.74 Å². The number of thioether (sulfide) groups is 1. The smallest absolute Gasteiger partial charge is 0.343 e. The third-order valence-electron chi connectivity index (χ3n) is 4.57. The number of aromatic nitrogens is 2. The van der Waals surface area contributed by atoms with Crippen molar-refractivity contribution in [2.75, 3.05) is 12.3 Å². The van der Waals surface area contributed by atoms with E-state index in [1.165, 1.54) is 11.8 Å². The molecule has 0 N–H and O–H groups in total. The van der Waals surface area contributed by atoms with E-state index in [2.05, 4.69) is 9.97 Å². The minimum atomic E-state index is -0.824. The van der Waals surface area contributed by atoms with Gasteiger partial charge in [0.1, 0.15) is 6.61 Å². The number of amides is 1. The van der Waals surface area contributed by atoms with E-state index in [1.54, 1.807) is 4.90 Å². The predicted octanol–water partition coefficient (Wildman–Crippen LogP) is 2.05. The fourth-order valence-corrected chi connectivity index (χ4v) is 4.67. The molecule has 4 rings (SSSR count). The monoisotopic (exact) mass is 343 g/mol. The SMILES string of the molecule is Cc1nc2ccccc2nc1COC(=O)[C@]12CCC(=O)N1CCS2. The van der Waals surface area contributed by atoms with Crippen molar-refractivity contribution in [2.45, 2.75) is 31.2 Å². The molecular formula is C17H17N3O3S. The number of benzene rings is 1. The summed E-state index contributed by atoms with van der Waals surface area (Å²) >= 11 is 1.51. The number of fused-ring (bicyclic) bond motifs is 2. The van der Waals surface area contributed by atoms with Crippen LogP contribution in [0.2, 0.25) is 0 Å². The predicted molar refractivity (Wildman–Crippen MR) is 90.2 cm³/mol. The normalized spacial score (nSPS) is 22.9. The molecule has 1 aromatic carbocycles. The molecule has 2 fully saturated rings. The van der Waals surface area contributed by atoms with Gasteiger partial charge in [0.25, 0.3) is 0 Å². The Bertz CT molecular complexity index is 841. The van der Waals surface area contributed by atoms with Crippen LogP contribution in [0.4, 0.5) is 0 Å². The lowest BCUT2D eigenvalue weighted by Gasteiger charge is -2.28. The fraction of sp³-hybridized carbons (Fsp3) is 0.412. The standard InChI is InChI=1S/C17H17N3O3S/c1-11-14(19-13-5-3-2-4-12(13)18-11)10-23-16(22)17-7-6-15(21)20(17)8-9-24-17/h2-5H,6-10H2,1H3/t17-/m1/s1. The quantitative estimate of drug-likeness (QED) is 0.794. The lowest BCUT2D eigenvalue weighted by Crippen LogP contribution is -2.46. The maximum atomic E-state index is 12.7. The Hall–Kier alpha value is -2.15. The van der Waals surface area contributed by atoms with Gasteiger partial charge in [-0.15, -0.1) is 11.8 Å². The molecule has 2 aromatic rings. The minimum absolute atomic E-state index is 0.0404. The van der Waals surface area contributed by atoms with Crippen LogP contribution in [0.25, 0.3) is 11.0 Å². The lowest BCUT2D eigenvalue weighted by molar-refractivity contribution is -0.154. The molecule has 1 aromatic heterocycles. The second-order valence-corrected chi connectivity index (χ2v) is 7.37. The van der Waals surface area contributed by atoms with Gasteiger partial charge in [-0.05, 0) is 25.5 Å². The number of carbonyl (C=O) groups excluding carboxylic acids is 2. The van der Waals surface area contributed by atoms with Crippen LogP contribution in [0.15, 0.2) is 24.3 Å². The van der Waals surface area contributed by atoms with Crippen LogP contribution >= 0.6 is 11.8 Å². The largest absolute Gasteiger partial charge is 0.457 e. The molecule has 2 saturated heterocycles. The van der Waals surface area contributed by atoms with Crippen molar-refractivity contribution in [1.82, 2.24) is 14.9 Å². The summed E-state index contributed by atoms with van der Waals surface area (Å²) in [6, 6.07) is 7.61. The van der Waals surface area contributed by atoms with Crippen LogP contribution < -0.4 is 0 Å². The molecule has 0 spiro atoms.